The first-order valence-corrected chi connectivity index (χ1v) is 9.71. The molecule has 0 spiro atoms. The molecule has 2 N–H and O–H groups in total. The molecule has 1 heterocycles. The number of carbonyl (C=O) groups is 2. The Kier molecular flexibility index (Phi) is 8.05. The van der Waals surface area contributed by atoms with Crippen LogP contribution in [0.4, 0.5) is 0 Å². The fourth-order valence-electron chi connectivity index (χ4n) is 3.03. The van der Waals surface area contributed by atoms with Crippen molar-refractivity contribution in [2.24, 2.45) is 5.92 Å². The number of nitrogens with one attached hydrogen (secondary N) is 2. The predicted molar refractivity (Wildman–Crippen MR) is 113 cm³/mol. The minimum atomic E-state index is -0.297. The molecule has 0 aliphatic rings. The van der Waals surface area contributed by atoms with E-state index in [2.05, 4.69) is 24.1 Å². The number of carbonyl (C=O) groups excluding carboxylic acids is 2. The summed E-state index contributed by atoms with van der Waals surface area (Å²) < 4.78 is 5.49. The SMILES string of the molecule is CC=CC=C(C)C(=O)NC(COC(=O)Cc1c[nH]c2ccccc12)CC(C)C. The van der Waals surface area contributed by atoms with Gasteiger partial charge >= 0.3 is 5.97 Å². The lowest BCUT2D eigenvalue weighted by atomic mass is 10.0. The van der Waals surface area contributed by atoms with Gasteiger partial charge in [-0.15, -0.1) is 0 Å². The molecule has 0 radical (unpaired) electrons. The molecule has 2 aromatic rings. The zero-order valence-corrected chi connectivity index (χ0v) is 17.1. The first-order valence-electron chi connectivity index (χ1n) is 9.71. The Hall–Kier alpha value is -2.82. The van der Waals surface area contributed by atoms with Gasteiger partial charge in [-0.05, 0) is 37.8 Å². The lowest BCUT2D eigenvalue weighted by Gasteiger charge is -2.20. The average Bonchev–Trinajstić information content (AvgIpc) is 3.06. The van der Waals surface area contributed by atoms with E-state index in [1.807, 2.05) is 49.5 Å². The van der Waals surface area contributed by atoms with E-state index in [-0.39, 0.29) is 30.9 Å². The topological polar surface area (TPSA) is 71.2 Å². The van der Waals surface area contributed by atoms with Crippen molar-refractivity contribution in [3.8, 4) is 0 Å². The molecule has 5 heteroatoms. The first-order chi connectivity index (χ1) is 13.4. The van der Waals surface area contributed by atoms with E-state index in [0.29, 0.717) is 11.5 Å². The Morgan fingerprint density at radius 2 is 2.00 bits per heavy atom. The normalized spacial score (nSPS) is 13.2. The van der Waals surface area contributed by atoms with Gasteiger partial charge in [-0.3, -0.25) is 9.59 Å². The highest BCUT2D eigenvalue weighted by atomic mass is 16.5. The molecule has 150 valence electrons. The second kappa shape index (κ2) is 10.5. The van der Waals surface area contributed by atoms with Crippen molar-refractivity contribution >= 4 is 22.8 Å². The monoisotopic (exact) mass is 382 g/mol. The van der Waals surface area contributed by atoms with Crippen LogP contribution in [0.2, 0.25) is 0 Å². The fourth-order valence-corrected chi connectivity index (χ4v) is 3.03. The molecule has 1 aromatic heterocycles. The summed E-state index contributed by atoms with van der Waals surface area (Å²) >= 11 is 0. The third-order valence-corrected chi connectivity index (χ3v) is 4.44. The standard InChI is InChI=1S/C23H30N2O3/c1-5-6-9-17(4)23(27)25-19(12-16(2)3)15-28-22(26)13-18-14-24-21-11-8-7-10-20(18)21/h5-11,14,16,19,24H,12-13,15H2,1-4H3,(H,25,27). The molecule has 0 saturated heterocycles. The number of rotatable bonds is 9. The van der Waals surface area contributed by atoms with Crippen LogP contribution >= 0.6 is 0 Å². The van der Waals surface area contributed by atoms with Gasteiger partial charge in [-0.2, -0.15) is 0 Å². The molecule has 0 aliphatic carbocycles. The van der Waals surface area contributed by atoms with Gasteiger partial charge in [0.1, 0.15) is 6.61 Å². The molecule has 1 aromatic carbocycles. The van der Waals surface area contributed by atoms with Crippen molar-refractivity contribution in [1.29, 1.82) is 0 Å². The van der Waals surface area contributed by atoms with Crippen LogP contribution < -0.4 is 5.32 Å². The summed E-state index contributed by atoms with van der Waals surface area (Å²) in [7, 11) is 0. The molecular weight excluding hydrogens is 352 g/mol. The third-order valence-electron chi connectivity index (χ3n) is 4.44. The molecule has 28 heavy (non-hydrogen) atoms. The fraction of sp³-hybridized carbons (Fsp3) is 0.391. The number of esters is 1. The minimum absolute atomic E-state index is 0.142. The molecule has 1 unspecified atom stereocenters. The number of amides is 1. The Bertz CT molecular complexity index is 862. The summed E-state index contributed by atoms with van der Waals surface area (Å²) in [6, 6.07) is 7.64. The summed E-state index contributed by atoms with van der Waals surface area (Å²) in [5, 5.41) is 4.00. The van der Waals surface area contributed by atoms with Crippen LogP contribution in [0.5, 0.6) is 0 Å². The number of aromatic amines is 1. The van der Waals surface area contributed by atoms with Gasteiger partial charge in [0.05, 0.1) is 12.5 Å². The Labute approximate surface area is 166 Å². The van der Waals surface area contributed by atoms with E-state index < -0.39 is 0 Å². The van der Waals surface area contributed by atoms with E-state index in [1.165, 1.54) is 0 Å². The highest BCUT2D eigenvalue weighted by Crippen LogP contribution is 2.18. The summed E-state index contributed by atoms with van der Waals surface area (Å²) in [6.45, 7) is 7.99. The van der Waals surface area contributed by atoms with E-state index in [0.717, 1.165) is 22.9 Å². The van der Waals surface area contributed by atoms with Gasteiger partial charge in [-0.25, -0.2) is 0 Å². The summed E-state index contributed by atoms with van der Waals surface area (Å²) in [5.41, 5.74) is 2.53. The van der Waals surface area contributed by atoms with E-state index in [9.17, 15) is 9.59 Å². The van der Waals surface area contributed by atoms with E-state index in [1.54, 1.807) is 13.0 Å². The van der Waals surface area contributed by atoms with Crippen molar-refractivity contribution < 1.29 is 14.3 Å². The number of H-pyrrole nitrogens is 1. The van der Waals surface area contributed by atoms with Crippen LogP contribution in [-0.4, -0.2) is 29.5 Å². The van der Waals surface area contributed by atoms with Crippen LogP contribution in [0.25, 0.3) is 10.9 Å². The van der Waals surface area contributed by atoms with Gasteiger partial charge in [0, 0.05) is 22.7 Å². The molecule has 2 rings (SSSR count). The smallest absolute Gasteiger partial charge is 0.310 e. The van der Waals surface area contributed by atoms with Gasteiger partial charge in [0.25, 0.3) is 0 Å². The number of hydrogen-bond acceptors (Lipinski definition) is 3. The first kappa shape index (κ1) is 21.5. The molecule has 0 aliphatic heterocycles. The number of benzene rings is 1. The molecular formula is C23H30N2O3. The lowest BCUT2D eigenvalue weighted by Crippen LogP contribution is -2.40. The highest BCUT2D eigenvalue weighted by molar-refractivity contribution is 5.93. The van der Waals surface area contributed by atoms with Crippen LogP contribution in [0, 0.1) is 5.92 Å². The van der Waals surface area contributed by atoms with Crippen molar-refractivity contribution in [3.63, 3.8) is 0 Å². The van der Waals surface area contributed by atoms with Crippen LogP contribution in [0.15, 0.2) is 54.3 Å². The Morgan fingerprint density at radius 1 is 1.25 bits per heavy atom. The molecule has 0 bridgehead atoms. The van der Waals surface area contributed by atoms with Gasteiger partial charge in [-0.1, -0.05) is 50.3 Å². The second-order valence-electron chi connectivity index (χ2n) is 7.39. The number of para-hydroxylation sites is 1. The van der Waals surface area contributed by atoms with E-state index in [4.69, 9.17) is 4.74 Å². The van der Waals surface area contributed by atoms with Gasteiger partial charge in [0.2, 0.25) is 5.91 Å². The maximum Gasteiger partial charge on any atom is 0.310 e. The molecule has 1 amide bonds. The quantitative estimate of drug-likeness (QED) is 0.386. The number of allylic oxidation sites excluding steroid dienone is 3. The summed E-state index contributed by atoms with van der Waals surface area (Å²) in [4.78, 5) is 27.8. The molecule has 1 atom stereocenters. The molecule has 0 saturated carbocycles. The molecule has 5 nitrogen and oxygen atoms in total. The Balaban J connectivity index is 1.94. The largest absolute Gasteiger partial charge is 0.463 e. The number of fused-ring (bicyclic) bond motifs is 1. The average molecular weight is 383 g/mol. The Morgan fingerprint density at radius 3 is 2.71 bits per heavy atom. The summed E-state index contributed by atoms with van der Waals surface area (Å²) in [5.74, 6) is -0.0668. The van der Waals surface area contributed by atoms with Crippen LogP contribution in [0.3, 0.4) is 0 Å². The lowest BCUT2D eigenvalue weighted by molar-refractivity contribution is -0.144. The van der Waals surface area contributed by atoms with Crippen molar-refractivity contribution in [1.82, 2.24) is 10.3 Å². The van der Waals surface area contributed by atoms with Crippen LogP contribution in [0.1, 0.15) is 39.7 Å². The number of hydrogen-bond donors (Lipinski definition) is 2. The van der Waals surface area contributed by atoms with Crippen molar-refractivity contribution in [2.45, 2.75) is 46.6 Å². The van der Waals surface area contributed by atoms with E-state index >= 15 is 0 Å². The highest BCUT2D eigenvalue weighted by Gasteiger charge is 2.18. The second-order valence-corrected chi connectivity index (χ2v) is 7.39. The number of aromatic nitrogens is 1. The van der Waals surface area contributed by atoms with Crippen molar-refractivity contribution in [2.75, 3.05) is 6.61 Å². The van der Waals surface area contributed by atoms with Gasteiger partial charge < -0.3 is 15.0 Å². The third kappa shape index (κ3) is 6.41. The maximum absolute atomic E-state index is 12.3. The van der Waals surface area contributed by atoms with Crippen molar-refractivity contribution in [3.05, 3.63) is 59.8 Å². The van der Waals surface area contributed by atoms with Gasteiger partial charge in [0.15, 0.2) is 0 Å². The predicted octanol–water partition coefficient (Wildman–Crippen LogP) is 4.31. The van der Waals surface area contributed by atoms with Crippen LogP contribution in [-0.2, 0) is 20.7 Å². The zero-order chi connectivity index (χ0) is 20.5. The number of ether oxygens (including phenoxy) is 1. The maximum atomic E-state index is 12.3. The zero-order valence-electron chi connectivity index (χ0n) is 17.1. The summed E-state index contributed by atoms with van der Waals surface area (Å²) in [6.07, 6.45) is 8.25. The minimum Gasteiger partial charge on any atom is -0.463 e. The molecule has 0 fully saturated rings.